The van der Waals surface area contributed by atoms with Crippen molar-refractivity contribution in [3.8, 4) is 0 Å². The van der Waals surface area contributed by atoms with E-state index in [0.717, 1.165) is 49.6 Å². The number of fused-ring (bicyclic) bond motifs is 1. The summed E-state index contributed by atoms with van der Waals surface area (Å²) < 4.78 is 18.5. The maximum absolute atomic E-state index is 13.2. The van der Waals surface area contributed by atoms with Crippen molar-refractivity contribution in [2.24, 2.45) is 10.4 Å². The molecular weight excluding hydrogens is 422 g/mol. The van der Waals surface area contributed by atoms with Gasteiger partial charge in [-0.05, 0) is 30.2 Å². The number of H-pyrrole nitrogens is 1. The number of hydrogen-bond acceptors (Lipinski definition) is 2. The van der Waals surface area contributed by atoms with Crippen molar-refractivity contribution < 1.29 is 9.13 Å². The Labute approximate surface area is 158 Å². The molecule has 2 aromatic rings. The lowest BCUT2D eigenvalue weighted by Gasteiger charge is -2.38. The lowest BCUT2D eigenvalue weighted by atomic mass is 9.89. The Balaban J connectivity index is 0.00000208. The third kappa shape index (κ3) is 4.38. The molecule has 0 radical (unpaired) electrons. The Morgan fingerprint density at radius 3 is 2.83 bits per heavy atom. The van der Waals surface area contributed by atoms with Gasteiger partial charge in [-0.25, -0.2) is 4.39 Å². The van der Waals surface area contributed by atoms with Crippen molar-refractivity contribution in [2.75, 3.05) is 33.4 Å². The molecule has 1 aliphatic rings. The fourth-order valence-electron chi connectivity index (χ4n) is 2.75. The number of rotatable bonds is 5. The molecule has 1 aromatic heterocycles. The fourth-order valence-corrected chi connectivity index (χ4v) is 2.75. The van der Waals surface area contributed by atoms with Crippen LogP contribution in [0.4, 0.5) is 4.39 Å². The molecule has 1 aromatic carbocycles. The molecule has 0 bridgehead atoms. The van der Waals surface area contributed by atoms with Crippen molar-refractivity contribution in [3.63, 3.8) is 0 Å². The van der Waals surface area contributed by atoms with E-state index in [4.69, 9.17) is 4.74 Å². The summed E-state index contributed by atoms with van der Waals surface area (Å²) in [6.07, 6.45) is 2.78. The van der Waals surface area contributed by atoms with Gasteiger partial charge in [0, 0.05) is 42.7 Å². The number of hydrogen-bond donors (Lipinski definition) is 3. The number of benzene rings is 1. The number of halogens is 2. The van der Waals surface area contributed by atoms with Crippen LogP contribution in [-0.4, -0.2) is 44.3 Å². The minimum absolute atomic E-state index is 0. The van der Waals surface area contributed by atoms with Crippen molar-refractivity contribution in [2.45, 2.75) is 13.3 Å². The number of guanidine groups is 1. The number of nitrogens with one attached hydrogen (secondary N) is 3. The van der Waals surface area contributed by atoms with Crippen molar-refractivity contribution >= 4 is 40.8 Å². The molecule has 0 unspecified atom stereocenters. The van der Waals surface area contributed by atoms with E-state index in [0.29, 0.717) is 0 Å². The van der Waals surface area contributed by atoms with Gasteiger partial charge in [0.15, 0.2) is 5.96 Å². The lowest BCUT2D eigenvalue weighted by Crippen LogP contribution is -2.51. The third-order valence-electron chi connectivity index (χ3n) is 4.22. The first kappa shape index (κ1) is 19.0. The summed E-state index contributed by atoms with van der Waals surface area (Å²) in [6.45, 7) is 5.39. The number of aliphatic imine (C=N–C) groups is 1. The summed E-state index contributed by atoms with van der Waals surface area (Å²) in [7, 11) is 1.77. The van der Waals surface area contributed by atoms with Gasteiger partial charge < -0.3 is 20.4 Å². The topological polar surface area (TPSA) is 61.4 Å². The van der Waals surface area contributed by atoms with Crippen LogP contribution in [0.1, 0.15) is 12.5 Å². The second kappa shape index (κ2) is 8.15. The van der Waals surface area contributed by atoms with Crippen molar-refractivity contribution in [1.29, 1.82) is 0 Å². The summed E-state index contributed by atoms with van der Waals surface area (Å²) in [5.74, 6) is 0.575. The van der Waals surface area contributed by atoms with E-state index in [9.17, 15) is 4.39 Å². The molecule has 0 spiro atoms. The van der Waals surface area contributed by atoms with Crippen LogP contribution in [0, 0.1) is 11.2 Å². The largest absolute Gasteiger partial charge is 0.380 e. The van der Waals surface area contributed by atoms with Gasteiger partial charge in [0.25, 0.3) is 0 Å². The zero-order chi connectivity index (χ0) is 16.3. The molecule has 24 heavy (non-hydrogen) atoms. The first-order valence-electron chi connectivity index (χ1n) is 7.87. The molecule has 0 saturated carbocycles. The van der Waals surface area contributed by atoms with E-state index >= 15 is 0 Å². The molecule has 1 aliphatic heterocycles. The number of aromatic nitrogens is 1. The van der Waals surface area contributed by atoms with Crippen LogP contribution in [0.2, 0.25) is 0 Å². The second-order valence-electron chi connectivity index (χ2n) is 6.41. The maximum Gasteiger partial charge on any atom is 0.191 e. The number of nitrogens with zero attached hydrogens (tertiary/aromatic N) is 1. The Bertz CT molecular complexity index is 712. The van der Waals surface area contributed by atoms with Crippen LogP contribution in [0.15, 0.2) is 29.4 Å². The average molecular weight is 446 g/mol. The Morgan fingerprint density at radius 1 is 1.38 bits per heavy atom. The monoisotopic (exact) mass is 446 g/mol. The summed E-state index contributed by atoms with van der Waals surface area (Å²) in [5.41, 5.74) is 2.21. The molecule has 0 amide bonds. The van der Waals surface area contributed by atoms with Crippen LogP contribution in [-0.2, 0) is 11.2 Å². The second-order valence-corrected chi connectivity index (χ2v) is 6.41. The normalized spacial score (nSPS) is 16.4. The van der Waals surface area contributed by atoms with Crippen molar-refractivity contribution in [1.82, 2.24) is 15.6 Å². The van der Waals surface area contributed by atoms with Gasteiger partial charge in [-0.3, -0.25) is 4.99 Å². The molecule has 3 N–H and O–H groups in total. The van der Waals surface area contributed by atoms with Crippen molar-refractivity contribution in [3.05, 3.63) is 35.8 Å². The molecule has 0 atom stereocenters. The summed E-state index contributed by atoms with van der Waals surface area (Å²) in [5, 5.41) is 7.72. The standard InChI is InChI=1S/C17H23FN4O.HI/c1-17(10-23-11-17)9-22-16(19-2)20-6-5-12-8-21-15-7-13(18)3-4-14(12)15;/h3-4,7-8,21H,5-6,9-11H2,1-2H3,(H2,19,20,22);1H. The molecule has 1 saturated heterocycles. The van der Waals surface area contributed by atoms with Gasteiger partial charge >= 0.3 is 0 Å². The van der Waals surface area contributed by atoms with E-state index in [1.165, 1.54) is 17.7 Å². The third-order valence-corrected chi connectivity index (χ3v) is 4.22. The first-order chi connectivity index (χ1) is 11.1. The van der Waals surface area contributed by atoms with Crippen LogP contribution in [0.3, 0.4) is 0 Å². The molecule has 7 heteroatoms. The molecular formula is C17H24FIN4O. The predicted octanol–water partition coefficient (Wildman–Crippen LogP) is 2.67. The lowest BCUT2D eigenvalue weighted by molar-refractivity contribution is -0.0971. The molecule has 0 aliphatic carbocycles. The summed E-state index contributed by atoms with van der Waals surface area (Å²) in [6, 6.07) is 4.84. The fraction of sp³-hybridized carbons (Fsp3) is 0.471. The first-order valence-corrected chi connectivity index (χ1v) is 7.87. The molecule has 1 fully saturated rings. The quantitative estimate of drug-likeness (QED) is 0.376. The molecule has 5 nitrogen and oxygen atoms in total. The minimum Gasteiger partial charge on any atom is -0.380 e. The zero-order valence-electron chi connectivity index (χ0n) is 14.0. The average Bonchev–Trinajstić information content (AvgIpc) is 2.91. The Kier molecular flexibility index (Phi) is 6.45. The molecule has 132 valence electrons. The maximum atomic E-state index is 13.2. The number of ether oxygens (including phenoxy) is 1. The van der Waals surface area contributed by atoms with Gasteiger partial charge in [-0.2, -0.15) is 0 Å². The smallest absolute Gasteiger partial charge is 0.191 e. The Morgan fingerprint density at radius 2 is 2.17 bits per heavy atom. The van der Waals surface area contributed by atoms with Gasteiger partial charge in [-0.15, -0.1) is 24.0 Å². The summed E-state index contributed by atoms with van der Waals surface area (Å²) in [4.78, 5) is 7.35. The van der Waals surface area contributed by atoms with Crippen LogP contribution >= 0.6 is 24.0 Å². The molecule has 2 heterocycles. The van der Waals surface area contributed by atoms with E-state index in [2.05, 4.69) is 27.5 Å². The van der Waals surface area contributed by atoms with Crippen LogP contribution in [0.5, 0.6) is 0 Å². The van der Waals surface area contributed by atoms with Crippen LogP contribution < -0.4 is 10.6 Å². The highest BCUT2D eigenvalue weighted by molar-refractivity contribution is 14.0. The Hall–Kier alpha value is -1.35. The van der Waals surface area contributed by atoms with Gasteiger partial charge in [0.2, 0.25) is 0 Å². The van der Waals surface area contributed by atoms with Gasteiger partial charge in [0.05, 0.1) is 13.2 Å². The van der Waals surface area contributed by atoms with Crippen LogP contribution in [0.25, 0.3) is 10.9 Å². The van der Waals surface area contributed by atoms with E-state index in [1.54, 1.807) is 7.05 Å². The minimum atomic E-state index is -0.220. The predicted molar refractivity (Wildman–Crippen MR) is 106 cm³/mol. The van der Waals surface area contributed by atoms with E-state index in [-0.39, 0.29) is 35.2 Å². The van der Waals surface area contributed by atoms with Gasteiger partial charge in [-0.1, -0.05) is 6.92 Å². The van der Waals surface area contributed by atoms with E-state index < -0.39 is 0 Å². The highest BCUT2D eigenvalue weighted by Gasteiger charge is 2.33. The highest BCUT2D eigenvalue weighted by atomic mass is 127. The highest BCUT2D eigenvalue weighted by Crippen LogP contribution is 2.25. The SMILES string of the molecule is CN=C(NCCc1c[nH]c2cc(F)ccc12)NCC1(C)COC1.I. The number of aromatic amines is 1. The summed E-state index contributed by atoms with van der Waals surface area (Å²) >= 11 is 0. The van der Waals surface area contributed by atoms with Gasteiger partial charge in [0.1, 0.15) is 5.82 Å². The van der Waals surface area contributed by atoms with E-state index in [1.807, 2.05) is 12.3 Å². The zero-order valence-corrected chi connectivity index (χ0v) is 16.3. The molecule has 3 rings (SSSR count).